The molecular formula is C8H15NO2. The van der Waals surface area contributed by atoms with Gasteiger partial charge in [-0.05, 0) is 13.5 Å². The summed E-state index contributed by atoms with van der Waals surface area (Å²) in [4.78, 5) is 12.4. The van der Waals surface area contributed by atoms with Crippen molar-refractivity contribution in [1.29, 1.82) is 0 Å². The number of hydrogen-bond donors (Lipinski definition) is 0. The van der Waals surface area contributed by atoms with Crippen LogP contribution in [-0.2, 0) is 9.53 Å². The number of carbonyl (C=O) groups excluding carboxylic acids is 1. The van der Waals surface area contributed by atoms with Crippen molar-refractivity contribution in [2.75, 3.05) is 20.2 Å². The van der Waals surface area contributed by atoms with Crippen LogP contribution in [0.25, 0.3) is 0 Å². The summed E-state index contributed by atoms with van der Waals surface area (Å²) in [6, 6.07) is 0. The second kappa shape index (κ2) is 6.16. The Bertz CT molecular complexity index is 113. The molecule has 0 aliphatic heterocycles. The number of carbonyl (C=O) groups is 1. The Morgan fingerprint density at radius 2 is 2.27 bits per heavy atom. The molecule has 0 rings (SSSR count). The van der Waals surface area contributed by atoms with E-state index in [-0.39, 0.29) is 5.97 Å². The molecule has 3 nitrogen and oxygen atoms in total. The standard InChI is InChI=1S/C8H15NO2/c1-4-5-8(10)11-7-6-9(2)3/h1-2,4-7H2,3H3. The average molecular weight is 157 g/mol. The highest BCUT2D eigenvalue weighted by Gasteiger charge is 1.99. The molecule has 64 valence electrons. The van der Waals surface area contributed by atoms with Crippen LogP contribution in [0.15, 0.2) is 0 Å². The molecular weight excluding hydrogens is 142 g/mol. The predicted molar refractivity (Wildman–Crippen MR) is 43.5 cm³/mol. The van der Waals surface area contributed by atoms with Gasteiger partial charge in [0, 0.05) is 20.0 Å². The molecule has 0 saturated carbocycles. The molecule has 11 heavy (non-hydrogen) atoms. The van der Waals surface area contributed by atoms with Gasteiger partial charge in [-0.15, -0.1) is 0 Å². The van der Waals surface area contributed by atoms with Gasteiger partial charge in [0.25, 0.3) is 0 Å². The molecule has 0 atom stereocenters. The van der Waals surface area contributed by atoms with Gasteiger partial charge in [0.15, 0.2) is 0 Å². The first-order valence-electron chi connectivity index (χ1n) is 3.63. The minimum absolute atomic E-state index is 0.179. The lowest BCUT2D eigenvalue weighted by Gasteiger charge is -2.08. The zero-order valence-corrected chi connectivity index (χ0v) is 7.01. The smallest absolute Gasteiger partial charge is 0.305 e. The molecule has 0 aromatic carbocycles. The van der Waals surface area contributed by atoms with Gasteiger partial charge >= 0.3 is 5.97 Å². The van der Waals surface area contributed by atoms with E-state index in [4.69, 9.17) is 4.74 Å². The normalized spacial score (nSPS) is 10.2. The summed E-state index contributed by atoms with van der Waals surface area (Å²) >= 11 is 0. The first kappa shape index (κ1) is 10.4. The van der Waals surface area contributed by atoms with E-state index in [2.05, 4.69) is 14.0 Å². The Hall–Kier alpha value is -0.570. The van der Waals surface area contributed by atoms with Crippen LogP contribution in [0.1, 0.15) is 12.8 Å². The van der Waals surface area contributed by atoms with Crippen LogP contribution in [0.3, 0.4) is 0 Å². The van der Waals surface area contributed by atoms with Crippen LogP contribution in [0.2, 0.25) is 0 Å². The fourth-order valence-electron chi connectivity index (χ4n) is 0.532. The van der Waals surface area contributed by atoms with Crippen molar-refractivity contribution in [1.82, 2.24) is 4.90 Å². The third-order valence-electron chi connectivity index (χ3n) is 1.12. The van der Waals surface area contributed by atoms with Crippen molar-refractivity contribution in [2.24, 2.45) is 0 Å². The van der Waals surface area contributed by atoms with E-state index in [9.17, 15) is 4.79 Å². The fourth-order valence-corrected chi connectivity index (χ4v) is 0.532. The van der Waals surface area contributed by atoms with Gasteiger partial charge in [-0.3, -0.25) is 4.79 Å². The monoisotopic (exact) mass is 157 g/mol. The maximum absolute atomic E-state index is 10.7. The molecule has 0 saturated heterocycles. The minimum Gasteiger partial charge on any atom is -0.464 e. The zero-order valence-electron chi connectivity index (χ0n) is 7.01. The van der Waals surface area contributed by atoms with Crippen LogP contribution in [0, 0.1) is 14.0 Å². The van der Waals surface area contributed by atoms with Gasteiger partial charge in [0.1, 0.15) is 6.61 Å². The molecule has 0 bridgehead atoms. The van der Waals surface area contributed by atoms with E-state index in [1.54, 1.807) is 4.90 Å². The quantitative estimate of drug-likeness (QED) is 0.554. The Labute approximate surface area is 68.3 Å². The summed E-state index contributed by atoms with van der Waals surface area (Å²) in [5, 5.41) is 0. The van der Waals surface area contributed by atoms with Gasteiger partial charge in [0.2, 0.25) is 0 Å². The molecule has 0 fully saturated rings. The van der Waals surface area contributed by atoms with Crippen LogP contribution < -0.4 is 0 Å². The molecule has 0 unspecified atom stereocenters. The van der Waals surface area contributed by atoms with Crippen molar-refractivity contribution in [3.05, 3.63) is 14.0 Å². The van der Waals surface area contributed by atoms with Crippen molar-refractivity contribution < 1.29 is 9.53 Å². The zero-order chi connectivity index (χ0) is 8.69. The number of rotatable bonds is 5. The molecule has 0 aromatic heterocycles. The van der Waals surface area contributed by atoms with Crippen molar-refractivity contribution in [3.8, 4) is 0 Å². The van der Waals surface area contributed by atoms with Crippen LogP contribution in [0.5, 0.6) is 0 Å². The molecule has 0 spiro atoms. The van der Waals surface area contributed by atoms with Crippen LogP contribution in [0.4, 0.5) is 0 Å². The van der Waals surface area contributed by atoms with E-state index in [1.165, 1.54) is 0 Å². The van der Waals surface area contributed by atoms with Crippen molar-refractivity contribution >= 4 is 5.97 Å². The highest BCUT2D eigenvalue weighted by Crippen LogP contribution is 1.90. The molecule has 0 amide bonds. The fraction of sp³-hybridized carbons (Fsp3) is 0.625. The van der Waals surface area contributed by atoms with Crippen molar-refractivity contribution in [2.45, 2.75) is 12.8 Å². The first-order valence-corrected chi connectivity index (χ1v) is 3.63. The maximum atomic E-state index is 10.7. The predicted octanol–water partition coefficient (Wildman–Crippen LogP) is 0.867. The lowest BCUT2D eigenvalue weighted by molar-refractivity contribution is -0.143. The summed E-state index contributed by atoms with van der Waals surface area (Å²) < 4.78 is 4.83. The second-order valence-corrected chi connectivity index (χ2v) is 2.40. The minimum atomic E-state index is -0.179. The summed E-state index contributed by atoms with van der Waals surface area (Å²) in [7, 11) is 5.44. The topological polar surface area (TPSA) is 29.5 Å². The molecule has 0 N–H and O–H groups in total. The van der Waals surface area contributed by atoms with Gasteiger partial charge in [0.05, 0.1) is 0 Å². The Morgan fingerprint density at radius 1 is 1.64 bits per heavy atom. The lowest BCUT2D eigenvalue weighted by Crippen LogP contribution is -2.18. The largest absolute Gasteiger partial charge is 0.464 e. The molecule has 0 aliphatic rings. The summed E-state index contributed by atoms with van der Waals surface area (Å²) in [6.07, 6.45) is 1.000. The highest BCUT2D eigenvalue weighted by molar-refractivity contribution is 5.69. The number of hydrogen-bond acceptors (Lipinski definition) is 3. The van der Waals surface area contributed by atoms with E-state index in [0.29, 0.717) is 26.0 Å². The van der Waals surface area contributed by atoms with Gasteiger partial charge in [-0.2, -0.15) is 0 Å². The Morgan fingerprint density at radius 3 is 2.73 bits per heavy atom. The number of likely N-dealkylation sites (N-methyl/N-ethyl adjacent to an activating group) is 1. The Kier molecular flexibility index (Phi) is 5.84. The number of esters is 1. The summed E-state index contributed by atoms with van der Waals surface area (Å²) in [5.41, 5.74) is 0. The molecule has 2 radical (unpaired) electrons. The molecule has 0 aromatic rings. The summed E-state index contributed by atoms with van der Waals surface area (Å²) in [6.45, 7) is 4.63. The average Bonchev–Trinajstić information content (AvgIpc) is 1.87. The number of ether oxygens (including phenoxy) is 1. The van der Waals surface area contributed by atoms with Gasteiger partial charge in [-0.25, -0.2) is 0 Å². The Balaban J connectivity index is 3.17. The third kappa shape index (κ3) is 7.33. The number of nitrogens with zero attached hydrogens (tertiary/aromatic N) is 1. The highest BCUT2D eigenvalue weighted by atomic mass is 16.5. The first-order chi connectivity index (χ1) is 5.16. The summed E-state index contributed by atoms with van der Waals surface area (Å²) in [5.74, 6) is -0.179. The SMILES string of the molecule is [CH2]CCC(=O)OCCN([CH2])C. The van der Waals surface area contributed by atoms with E-state index >= 15 is 0 Å². The van der Waals surface area contributed by atoms with Gasteiger partial charge < -0.3 is 9.64 Å². The molecule has 0 aliphatic carbocycles. The molecule has 3 heteroatoms. The van der Waals surface area contributed by atoms with E-state index in [1.807, 2.05) is 7.05 Å². The lowest BCUT2D eigenvalue weighted by atomic mass is 10.3. The third-order valence-corrected chi connectivity index (χ3v) is 1.12. The van der Waals surface area contributed by atoms with E-state index < -0.39 is 0 Å². The van der Waals surface area contributed by atoms with E-state index in [0.717, 1.165) is 0 Å². The maximum Gasteiger partial charge on any atom is 0.305 e. The van der Waals surface area contributed by atoms with Crippen molar-refractivity contribution in [3.63, 3.8) is 0 Å². The van der Waals surface area contributed by atoms with Gasteiger partial charge in [-0.1, -0.05) is 6.92 Å². The molecule has 0 heterocycles. The van der Waals surface area contributed by atoms with Crippen LogP contribution >= 0.6 is 0 Å². The van der Waals surface area contributed by atoms with Crippen LogP contribution in [-0.4, -0.2) is 31.1 Å². The second-order valence-electron chi connectivity index (χ2n) is 2.40.